The third kappa shape index (κ3) is 2.93. The van der Waals surface area contributed by atoms with Crippen molar-refractivity contribution in [3.05, 3.63) is 41.3 Å². The number of likely N-dealkylation sites (N-methyl/N-ethyl adjacent to an activating group) is 1. The number of aliphatic hydroxyl groups is 1. The zero-order valence-corrected chi connectivity index (χ0v) is 12.3. The highest BCUT2D eigenvalue weighted by Gasteiger charge is 2.17. The van der Waals surface area contributed by atoms with E-state index in [4.69, 9.17) is 9.26 Å². The van der Waals surface area contributed by atoms with E-state index in [-0.39, 0.29) is 0 Å². The molecule has 0 radical (unpaired) electrons. The molecule has 5 heteroatoms. The molecule has 0 saturated carbocycles. The summed E-state index contributed by atoms with van der Waals surface area (Å²) in [7, 11) is 3.53. The van der Waals surface area contributed by atoms with E-state index in [1.54, 1.807) is 7.11 Å². The Morgan fingerprint density at radius 1 is 1.40 bits per heavy atom. The average Bonchev–Trinajstić information content (AvgIpc) is 2.78. The molecule has 0 fully saturated rings. The van der Waals surface area contributed by atoms with Gasteiger partial charge in [-0.25, -0.2) is 0 Å². The first kappa shape index (κ1) is 14.4. The normalized spacial score (nSPS) is 12.2. The number of aryl methyl sites for hydroxylation is 2. The van der Waals surface area contributed by atoms with Crippen LogP contribution in [0.3, 0.4) is 0 Å². The Balaban J connectivity index is 2.13. The van der Waals surface area contributed by atoms with Gasteiger partial charge in [-0.2, -0.15) is 0 Å². The smallest absolute Gasteiger partial charge is 0.157 e. The van der Waals surface area contributed by atoms with Gasteiger partial charge in [-0.3, -0.25) is 0 Å². The summed E-state index contributed by atoms with van der Waals surface area (Å²) in [6, 6.07) is 7.45. The number of benzene rings is 1. The monoisotopic (exact) mass is 276 g/mol. The Morgan fingerprint density at radius 2 is 2.15 bits per heavy atom. The molecule has 5 nitrogen and oxygen atoms in total. The van der Waals surface area contributed by atoms with Gasteiger partial charge in [0.25, 0.3) is 0 Å². The van der Waals surface area contributed by atoms with Crippen LogP contribution in [0.15, 0.2) is 28.8 Å². The van der Waals surface area contributed by atoms with Crippen molar-refractivity contribution in [1.29, 1.82) is 0 Å². The maximum absolute atomic E-state index is 10.3. The lowest BCUT2D eigenvalue weighted by Gasteiger charge is -2.22. The fourth-order valence-corrected chi connectivity index (χ4v) is 2.33. The number of aliphatic hydroxyl groups excluding tert-OH is 1. The molecule has 0 aliphatic heterocycles. The fourth-order valence-electron chi connectivity index (χ4n) is 2.33. The van der Waals surface area contributed by atoms with Gasteiger partial charge in [0, 0.05) is 13.6 Å². The van der Waals surface area contributed by atoms with Gasteiger partial charge in [0.2, 0.25) is 0 Å². The summed E-state index contributed by atoms with van der Waals surface area (Å²) in [5.74, 6) is 1.49. The molecule has 108 valence electrons. The lowest BCUT2D eigenvalue weighted by Crippen LogP contribution is -2.25. The molecule has 1 aromatic carbocycles. The van der Waals surface area contributed by atoms with Gasteiger partial charge < -0.3 is 19.3 Å². The third-order valence-electron chi connectivity index (χ3n) is 3.30. The Bertz CT molecular complexity index is 561. The van der Waals surface area contributed by atoms with Gasteiger partial charge in [-0.1, -0.05) is 17.3 Å². The van der Waals surface area contributed by atoms with Crippen LogP contribution in [0.2, 0.25) is 0 Å². The van der Waals surface area contributed by atoms with E-state index in [2.05, 4.69) is 5.16 Å². The van der Waals surface area contributed by atoms with E-state index in [1.807, 2.05) is 50.1 Å². The maximum atomic E-state index is 10.3. The number of nitrogens with zero attached hydrogens (tertiary/aromatic N) is 2. The molecule has 0 aliphatic carbocycles. The van der Waals surface area contributed by atoms with Crippen LogP contribution in [0.5, 0.6) is 5.75 Å². The molecule has 1 atom stereocenters. The van der Waals surface area contributed by atoms with Gasteiger partial charge in [0.1, 0.15) is 17.1 Å². The van der Waals surface area contributed by atoms with Crippen LogP contribution in [-0.4, -0.2) is 31.0 Å². The van der Waals surface area contributed by atoms with Crippen LogP contribution in [0.1, 0.15) is 23.1 Å². The summed E-state index contributed by atoms with van der Waals surface area (Å²) in [6.07, 6.45) is -0.608. The number of ether oxygens (including phenoxy) is 1. The van der Waals surface area contributed by atoms with Gasteiger partial charge >= 0.3 is 0 Å². The van der Waals surface area contributed by atoms with Crippen molar-refractivity contribution >= 4 is 5.69 Å². The van der Waals surface area contributed by atoms with Crippen LogP contribution in [0, 0.1) is 13.8 Å². The third-order valence-corrected chi connectivity index (χ3v) is 3.30. The summed E-state index contributed by atoms with van der Waals surface area (Å²) < 4.78 is 10.3. The molecule has 1 aromatic heterocycles. The van der Waals surface area contributed by atoms with Crippen molar-refractivity contribution in [3.8, 4) is 5.75 Å². The summed E-state index contributed by atoms with van der Waals surface area (Å²) in [4.78, 5) is 1.95. The Hall–Kier alpha value is -2.01. The topological polar surface area (TPSA) is 58.7 Å². The largest absolute Gasteiger partial charge is 0.497 e. The first-order valence-electron chi connectivity index (χ1n) is 6.49. The molecule has 0 bridgehead atoms. The van der Waals surface area contributed by atoms with E-state index >= 15 is 0 Å². The van der Waals surface area contributed by atoms with E-state index in [0.29, 0.717) is 6.54 Å². The minimum atomic E-state index is -0.608. The highest BCUT2D eigenvalue weighted by Crippen LogP contribution is 2.26. The van der Waals surface area contributed by atoms with E-state index in [0.717, 1.165) is 28.5 Å². The lowest BCUT2D eigenvalue weighted by atomic mass is 10.1. The summed E-state index contributed by atoms with van der Waals surface area (Å²) >= 11 is 0. The van der Waals surface area contributed by atoms with Crippen molar-refractivity contribution in [2.45, 2.75) is 20.0 Å². The highest BCUT2D eigenvalue weighted by molar-refractivity contribution is 5.52. The van der Waals surface area contributed by atoms with E-state index < -0.39 is 6.10 Å². The number of hydrogen-bond acceptors (Lipinski definition) is 5. The van der Waals surface area contributed by atoms with Gasteiger partial charge in [0.05, 0.1) is 13.2 Å². The zero-order chi connectivity index (χ0) is 14.7. The molecule has 2 rings (SSSR count). The summed E-state index contributed by atoms with van der Waals surface area (Å²) in [5, 5.41) is 14.3. The van der Waals surface area contributed by atoms with Crippen LogP contribution in [0.25, 0.3) is 0 Å². The van der Waals surface area contributed by atoms with Crippen molar-refractivity contribution in [1.82, 2.24) is 5.16 Å². The van der Waals surface area contributed by atoms with Crippen molar-refractivity contribution < 1.29 is 14.4 Å². The van der Waals surface area contributed by atoms with Crippen molar-refractivity contribution in [2.75, 3.05) is 25.6 Å². The molecule has 0 spiro atoms. The number of methoxy groups -OCH3 is 1. The Kier molecular flexibility index (Phi) is 4.29. The summed E-state index contributed by atoms with van der Waals surface area (Å²) in [6.45, 7) is 4.21. The number of aromatic nitrogens is 1. The highest BCUT2D eigenvalue weighted by atomic mass is 16.5. The number of anilines is 1. The molecular formula is C15H20N2O3. The minimum Gasteiger partial charge on any atom is -0.497 e. The van der Waals surface area contributed by atoms with Crippen LogP contribution >= 0.6 is 0 Å². The predicted octanol–water partition coefficient (Wildman–Crippen LogP) is 2.47. The Morgan fingerprint density at radius 3 is 2.75 bits per heavy atom. The van der Waals surface area contributed by atoms with Gasteiger partial charge in [-0.05, 0) is 31.5 Å². The molecular weight excluding hydrogens is 256 g/mol. The van der Waals surface area contributed by atoms with Crippen molar-refractivity contribution in [3.63, 3.8) is 0 Å². The molecule has 20 heavy (non-hydrogen) atoms. The average molecular weight is 276 g/mol. The SMILES string of the molecule is COc1cccc(C(O)CN(C)c2c(C)noc2C)c1. The fraction of sp³-hybridized carbons (Fsp3) is 0.400. The molecule has 0 aliphatic rings. The maximum Gasteiger partial charge on any atom is 0.157 e. The first-order chi connectivity index (χ1) is 9.52. The second kappa shape index (κ2) is 5.96. The van der Waals surface area contributed by atoms with Gasteiger partial charge in [0.15, 0.2) is 5.76 Å². The molecule has 1 unspecified atom stereocenters. The van der Waals surface area contributed by atoms with Crippen LogP contribution < -0.4 is 9.64 Å². The number of rotatable bonds is 5. The quantitative estimate of drug-likeness (QED) is 0.909. The predicted molar refractivity (Wildman–Crippen MR) is 77.2 cm³/mol. The van der Waals surface area contributed by atoms with E-state index in [9.17, 15) is 5.11 Å². The van der Waals surface area contributed by atoms with Gasteiger partial charge in [-0.15, -0.1) is 0 Å². The van der Waals surface area contributed by atoms with E-state index in [1.165, 1.54) is 0 Å². The minimum absolute atomic E-state index is 0.454. The summed E-state index contributed by atoms with van der Waals surface area (Å²) in [5.41, 5.74) is 2.57. The second-order valence-electron chi connectivity index (χ2n) is 4.85. The standard InChI is InChI=1S/C15H20N2O3/c1-10-15(11(2)20-16-10)17(3)9-14(18)12-6-5-7-13(8-12)19-4/h5-8,14,18H,9H2,1-4H3. The van der Waals surface area contributed by atoms with Crippen LogP contribution in [0.4, 0.5) is 5.69 Å². The van der Waals surface area contributed by atoms with Crippen molar-refractivity contribution in [2.24, 2.45) is 0 Å². The zero-order valence-electron chi connectivity index (χ0n) is 12.3. The molecule has 1 N–H and O–H groups in total. The van der Waals surface area contributed by atoms with Crippen LogP contribution in [-0.2, 0) is 0 Å². The number of hydrogen-bond donors (Lipinski definition) is 1. The molecule has 2 aromatic rings. The molecule has 0 amide bonds. The first-order valence-corrected chi connectivity index (χ1v) is 6.49. The molecule has 0 saturated heterocycles. The lowest BCUT2D eigenvalue weighted by molar-refractivity contribution is 0.184. The second-order valence-corrected chi connectivity index (χ2v) is 4.85. The molecule has 1 heterocycles. The Labute approximate surface area is 118 Å².